The van der Waals surface area contributed by atoms with E-state index in [0.717, 1.165) is 27.7 Å². The van der Waals surface area contributed by atoms with Gasteiger partial charge in [-0.15, -0.1) is 10.2 Å². The highest BCUT2D eigenvalue weighted by Gasteiger charge is 2.16. The molecule has 5 nitrogen and oxygen atoms in total. The van der Waals surface area contributed by atoms with Crippen LogP contribution in [0.25, 0.3) is 16.8 Å². The Hall–Kier alpha value is -4.16. The van der Waals surface area contributed by atoms with Gasteiger partial charge in [-0.1, -0.05) is 96.2 Å². The lowest BCUT2D eigenvalue weighted by molar-refractivity contribution is 0.0949. The van der Waals surface area contributed by atoms with E-state index in [9.17, 15) is 4.79 Å². The van der Waals surface area contributed by atoms with Crippen LogP contribution in [-0.4, -0.2) is 20.7 Å². The van der Waals surface area contributed by atoms with E-state index in [1.165, 1.54) is 16.7 Å². The molecule has 0 saturated heterocycles. The minimum atomic E-state index is -0.146. The molecule has 0 radical (unpaired) electrons. The molecule has 0 fully saturated rings. The number of nitrogens with zero attached hydrogens (tertiary/aromatic N) is 3. The Balaban J connectivity index is 1.33. The van der Waals surface area contributed by atoms with E-state index in [2.05, 4.69) is 84.0 Å². The van der Waals surface area contributed by atoms with Gasteiger partial charge in [0.1, 0.15) is 0 Å². The van der Waals surface area contributed by atoms with Crippen molar-refractivity contribution in [1.29, 1.82) is 0 Å². The lowest BCUT2D eigenvalue weighted by Crippen LogP contribution is -2.24. The first-order valence-corrected chi connectivity index (χ1v) is 13.2. The molecule has 0 aliphatic carbocycles. The van der Waals surface area contributed by atoms with Crippen LogP contribution in [0.5, 0.6) is 0 Å². The van der Waals surface area contributed by atoms with Gasteiger partial charge < -0.3 is 5.32 Å². The van der Waals surface area contributed by atoms with Crippen LogP contribution in [0.4, 0.5) is 0 Å². The number of amides is 1. The predicted octanol–water partition coefficient (Wildman–Crippen LogP) is 6.77. The summed E-state index contributed by atoms with van der Waals surface area (Å²) >= 11 is 1.64. The Kier molecular flexibility index (Phi) is 7.47. The number of hydrogen-bond donors (Lipinski definition) is 1. The van der Waals surface area contributed by atoms with E-state index in [0.29, 0.717) is 11.4 Å². The molecule has 6 heteroatoms. The van der Waals surface area contributed by atoms with Gasteiger partial charge in [0, 0.05) is 17.0 Å². The second-order valence-electron chi connectivity index (χ2n) is 8.91. The quantitative estimate of drug-likeness (QED) is 0.237. The van der Waals surface area contributed by atoms with Gasteiger partial charge in [0.05, 0.1) is 6.54 Å². The Morgan fingerprint density at radius 3 is 2.19 bits per heavy atom. The third-order valence-corrected chi connectivity index (χ3v) is 7.25. The zero-order chi connectivity index (χ0) is 25.6. The molecule has 0 spiro atoms. The number of aromatic nitrogens is 3. The first kappa shape index (κ1) is 24.5. The molecule has 1 heterocycles. The minimum absolute atomic E-state index is 0.146. The normalized spacial score (nSPS) is 10.9. The van der Waals surface area contributed by atoms with Crippen LogP contribution in [-0.2, 0) is 12.3 Å². The van der Waals surface area contributed by atoms with Crippen molar-refractivity contribution in [2.75, 3.05) is 0 Å². The maximum absolute atomic E-state index is 12.9. The topological polar surface area (TPSA) is 59.8 Å². The fourth-order valence-corrected chi connectivity index (χ4v) is 5.13. The molecule has 0 unspecified atom stereocenters. The molecular weight excluding hydrogens is 476 g/mol. The Labute approximate surface area is 221 Å². The molecule has 1 amide bonds. The molecule has 4 aromatic carbocycles. The average molecular weight is 505 g/mol. The van der Waals surface area contributed by atoms with Crippen molar-refractivity contribution in [3.8, 4) is 16.8 Å². The van der Waals surface area contributed by atoms with Crippen LogP contribution in [0.1, 0.15) is 32.9 Å². The van der Waals surface area contributed by atoms with Gasteiger partial charge >= 0.3 is 0 Å². The fourth-order valence-electron chi connectivity index (χ4n) is 4.08. The Morgan fingerprint density at radius 2 is 1.46 bits per heavy atom. The van der Waals surface area contributed by atoms with Crippen LogP contribution < -0.4 is 5.32 Å². The molecule has 5 aromatic rings. The molecule has 0 aliphatic rings. The number of aryl methyl sites for hydroxylation is 2. The highest BCUT2D eigenvalue weighted by Crippen LogP contribution is 2.27. The van der Waals surface area contributed by atoms with E-state index in [1.807, 2.05) is 53.1 Å². The number of carbonyl (C=O) groups excluding carboxylic acids is 1. The summed E-state index contributed by atoms with van der Waals surface area (Å²) in [5, 5.41) is 12.7. The summed E-state index contributed by atoms with van der Waals surface area (Å²) in [4.78, 5) is 12.9. The Bertz CT molecular complexity index is 1490. The molecule has 1 aromatic heterocycles. The number of nitrogens with one attached hydrogen (secondary N) is 1. The molecule has 184 valence electrons. The van der Waals surface area contributed by atoms with Gasteiger partial charge in [-0.3, -0.25) is 9.36 Å². The molecular formula is C31H28N4OS. The van der Waals surface area contributed by atoms with Crippen molar-refractivity contribution in [2.24, 2.45) is 0 Å². The fraction of sp³-hybridized carbons (Fsp3) is 0.129. The zero-order valence-corrected chi connectivity index (χ0v) is 21.7. The SMILES string of the molecule is Cc1ccc(-n2c(CNC(=O)c3ccc(-c4ccccc4)cc3)nnc2SCc2ccccc2C)cc1. The lowest BCUT2D eigenvalue weighted by atomic mass is 10.0. The van der Waals surface area contributed by atoms with Gasteiger partial charge in [0.15, 0.2) is 11.0 Å². The first-order valence-electron chi connectivity index (χ1n) is 12.2. The number of benzene rings is 4. The van der Waals surface area contributed by atoms with Gasteiger partial charge in [-0.05, 0) is 60.4 Å². The number of rotatable bonds is 8. The van der Waals surface area contributed by atoms with Gasteiger partial charge in [-0.25, -0.2) is 0 Å². The number of carbonyl (C=O) groups is 1. The van der Waals surface area contributed by atoms with Crippen molar-refractivity contribution in [3.05, 3.63) is 131 Å². The number of hydrogen-bond acceptors (Lipinski definition) is 4. The second kappa shape index (κ2) is 11.3. The molecule has 37 heavy (non-hydrogen) atoms. The summed E-state index contributed by atoms with van der Waals surface area (Å²) in [6.45, 7) is 4.45. The summed E-state index contributed by atoms with van der Waals surface area (Å²) < 4.78 is 2.03. The van der Waals surface area contributed by atoms with E-state index < -0.39 is 0 Å². The molecule has 0 atom stereocenters. The third-order valence-electron chi connectivity index (χ3n) is 6.27. The van der Waals surface area contributed by atoms with Crippen LogP contribution in [0.15, 0.2) is 108 Å². The summed E-state index contributed by atoms with van der Waals surface area (Å²) in [6.07, 6.45) is 0. The van der Waals surface area contributed by atoms with Gasteiger partial charge in [0.2, 0.25) is 0 Å². The summed E-state index contributed by atoms with van der Waals surface area (Å²) in [5.41, 5.74) is 7.47. The maximum atomic E-state index is 12.9. The molecule has 1 N–H and O–H groups in total. The van der Waals surface area contributed by atoms with Crippen LogP contribution in [0.3, 0.4) is 0 Å². The highest BCUT2D eigenvalue weighted by molar-refractivity contribution is 7.98. The van der Waals surface area contributed by atoms with E-state index in [-0.39, 0.29) is 12.5 Å². The maximum Gasteiger partial charge on any atom is 0.251 e. The van der Waals surface area contributed by atoms with Crippen molar-refractivity contribution in [2.45, 2.75) is 31.3 Å². The summed E-state index contributed by atoms with van der Waals surface area (Å²) in [6, 6.07) is 34.4. The summed E-state index contributed by atoms with van der Waals surface area (Å²) in [5.74, 6) is 1.33. The first-order chi connectivity index (χ1) is 18.1. The molecule has 0 saturated carbocycles. The molecule has 0 aliphatic heterocycles. The Morgan fingerprint density at radius 1 is 0.784 bits per heavy atom. The zero-order valence-electron chi connectivity index (χ0n) is 20.9. The van der Waals surface area contributed by atoms with Crippen molar-refractivity contribution < 1.29 is 4.79 Å². The number of thioether (sulfide) groups is 1. The van der Waals surface area contributed by atoms with Crippen LogP contribution >= 0.6 is 11.8 Å². The predicted molar refractivity (Wildman–Crippen MR) is 150 cm³/mol. The van der Waals surface area contributed by atoms with Crippen LogP contribution in [0, 0.1) is 13.8 Å². The van der Waals surface area contributed by atoms with Crippen molar-refractivity contribution >= 4 is 17.7 Å². The average Bonchev–Trinajstić information content (AvgIpc) is 3.35. The van der Waals surface area contributed by atoms with Gasteiger partial charge in [0.25, 0.3) is 5.91 Å². The van der Waals surface area contributed by atoms with Crippen molar-refractivity contribution in [3.63, 3.8) is 0 Å². The highest BCUT2D eigenvalue weighted by atomic mass is 32.2. The lowest BCUT2D eigenvalue weighted by Gasteiger charge is -2.12. The monoisotopic (exact) mass is 504 g/mol. The summed E-state index contributed by atoms with van der Waals surface area (Å²) in [7, 11) is 0. The van der Waals surface area contributed by atoms with Gasteiger partial charge in [-0.2, -0.15) is 0 Å². The van der Waals surface area contributed by atoms with E-state index in [1.54, 1.807) is 11.8 Å². The third kappa shape index (κ3) is 5.81. The second-order valence-corrected chi connectivity index (χ2v) is 9.85. The van der Waals surface area contributed by atoms with Crippen molar-refractivity contribution in [1.82, 2.24) is 20.1 Å². The minimum Gasteiger partial charge on any atom is -0.345 e. The van der Waals surface area contributed by atoms with E-state index in [4.69, 9.17) is 0 Å². The standard InChI is InChI=1S/C31H28N4OS/c1-22-12-18-28(19-13-22)35-29(33-34-31(35)37-21-27-11-7-6-8-23(27)2)20-32-30(36)26-16-14-25(15-17-26)24-9-4-3-5-10-24/h3-19H,20-21H2,1-2H3,(H,32,36). The molecule has 5 rings (SSSR count). The van der Waals surface area contributed by atoms with E-state index >= 15 is 0 Å². The van der Waals surface area contributed by atoms with Crippen LogP contribution in [0.2, 0.25) is 0 Å². The smallest absolute Gasteiger partial charge is 0.251 e. The largest absolute Gasteiger partial charge is 0.345 e. The molecule has 0 bridgehead atoms.